The minimum absolute atomic E-state index is 0.294. The Balaban J connectivity index is 2.19. The number of halogens is 1. The molecule has 5 heteroatoms. The van der Waals surface area contributed by atoms with Gasteiger partial charge in [-0.25, -0.2) is 9.78 Å². The fraction of sp³-hybridized carbons (Fsp3) is 0.294. The van der Waals surface area contributed by atoms with Crippen molar-refractivity contribution < 1.29 is 13.9 Å². The number of benzene rings is 1. The third-order valence-corrected chi connectivity index (χ3v) is 3.66. The quantitative estimate of drug-likeness (QED) is 0.674. The van der Waals surface area contributed by atoms with Crippen LogP contribution in [0.3, 0.4) is 0 Å². The van der Waals surface area contributed by atoms with E-state index in [1.165, 1.54) is 0 Å². The molecule has 0 fully saturated rings. The van der Waals surface area contributed by atoms with Crippen LogP contribution in [-0.4, -0.2) is 28.8 Å². The van der Waals surface area contributed by atoms with E-state index in [2.05, 4.69) is 4.98 Å². The van der Waals surface area contributed by atoms with Gasteiger partial charge in [-0.15, -0.1) is 0 Å². The first-order valence-electron chi connectivity index (χ1n) is 7.36. The Morgan fingerprint density at radius 3 is 2.86 bits per heavy atom. The van der Waals surface area contributed by atoms with Gasteiger partial charge in [0.1, 0.15) is 5.69 Å². The molecule has 0 aliphatic heterocycles. The summed E-state index contributed by atoms with van der Waals surface area (Å²) in [5.41, 5.74) is 2.22. The molecule has 0 unspecified atom stereocenters. The molecule has 4 nitrogen and oxygen atoms in total. The Hall–Kier alpha value is -2.43. The second kappa shape index (κ2) is 6.13. The maximum Gasteiger partial charge on any atom is 0.356 e. The number of rotatable bonds is 5. The smallest absolute Gasteiger partial charge is 0.356 e. The summed E-state index contributed by atoms with van der Waals surface area (Å²) in [6, 6.07) is 9.65. The molecule has 0 amide bonds. The average Bonchev–Trinajstić information content (AvgIpc) is 2.86. The molecule has 0 radical (unpaired) electrons. The van der Waals surface area contributed by atoms with Crippen molar-refractivity contribution in [2.45, 2.75) is 19.9 Å². The number of pyridine rings is 1. The molecule has 22 heavy (non-hydrogen) atoms. The predicted molar refractivity (Wildman–Crippen MR) is 83.8 cm³/mol. The Morgan fingerprint density at radius 1 is 1.27 bits per heavy atom. The third kappa shape index (κ3) is 2.43. The van der Waals surface area contributed by atoms with E-state index < -0.39 is 5.97 Å². The summed E-state index contributed by atoms with van der Waals surface area (Å²) in [7, 11) is 0. The van der Waals surface area contributed by atoms with Crippen LogP contribution in [0.2, 0.25) is 0 Å². The highest BCUT2D eigenvalue weighted by atomic mass is 19.1. The number of para-hydroxylation sites is 1. The third-order valence-electron chi connectivity index (χ3n) is 3.66. The minimum Gasteiger partial charge on any atom is -0.461 e. The summed E-state index contributed by atoms with van der Waals surface area (Å²) in [5, 5.41) is 1.97. The van der Waals surface area contributed by atoms with Crippen LogP contribution in [0.25, 0.3) is 21.8 Å². The van der Waals surface area contributed by atoms with Gasteiger partial charge < -0.3 is 9.30 Å². The molecule has 0 N–H and O–H groups in total. The second-order valence-corrected chi connectivity index (χ2v) is 5.02. The summed E-state index contributed by atoms with van der Waals surface area (Å²) in [5.74, 6) is -0.426. The van der Waals surface area contributed by atoms with Gasteiger partial charge in [0.25, 0.3) is 0 Å². The summed E-state index contributed by atoms with van der Waals surface area (Å²) < 4.78 is 19.6. The molecule has 2 heterocycles. The normalized spacial score (nSPS) is 11.2. The number of hydrogen-bond acceptors (Lipinski definition) is 3. The van der Waals surface area contributed by atoms with Crippen molar-refractivity contribution in [3.8, 4) is 0 Å². The molecular formula is C17H17FN2O2. The highest BCUT2D eigenvalue weighted by Gasteiger charge is 2.14. The number of hydrogen-bond donors (Lipinski definition) is 0. The number of carbonyl (C=O) groups excluding carboxylic acids is 1. The van der Waals surface area contributed by atoms with Crippen molar-refractivity contribution in [2.24, 2.45) is 0 Å². The number of nitrogens with zero attached hydrogens (tertiary/aromatic N) is 2. The number of alkyl halides is 1. The SMILES string of the molecule is CCOC(=O)c1cc2c3ccccc3n(CCCF)c2cn1. The van der Waals surface area contributed by atoms with Gasteiger partial charge in [-0.2, -0.15) is 0 Å². The van der Waals surface area contributed by atoms with Crippen LogP contribution in [0.4, 0.5) is 4.39 Å². The fourth-order valence-corrected chi connectivity index (χ4v) is 2.72. The summed E-state index contributed by atoms with van der Waals surface area (Å²) in [6.07, 6.45) is 2.12. The van der Waals surface area contributed by atoms with Crippen molar-refractivity contribution in [2.75, 3.05) is 13.3 Å². The largest absolute Gasteiger partial charge is 0.461 e. The van der Waals surface area contributed by atoms with Crippen molar-refractivity contribution in [3.05, 3.63) is 42.2 Å². The van der Waals surface area contributed by atoms with Crippen LogP contribution in [0.15, 0.2) is 36.5 Å². The van der Waals surface area contributed by atoms with Crippen LogP contribution >= 0.6 is 0 Å². The molecule has 0 aliphatic carbocycles. The van der Waals surface area contributed by atoms with Crippen LogP contribution in [0, 0.1) is 0 Å². The predicted octanol–water partition coefficient (Wildman–Crippen LogP) is 3.73. The van der Waals surface area contributed by atoms with Crippen molar-refractivity contribution >= 4 is 27.8 Å². The maximum absolute atomic E-state index is 12.5. The number of esters is 1. The first-order chi connectivity index (χ1) is 10.8. The molecule has 114 valence electrons. The van der Waals surface area contributed by atoms with Crippen LogP contribution < -0.4 is 0 Å². The number of aromatic nitrogens is 2. The van der Waals surface area contributed by atoms with E-state index in [-0.39, 0.29) is 6.67 Å². The molecule has 0 bridgehead atoms. The van der Waals surface area contributed by atoms with Gasteiger partial charge in [-0.3, -0.25) is 4.39 Å². The second-order valence-electron chi connectivity index (χ2n) is 5.02. The van der Waals surface area contributed by atoms with Gasteiger partial charge in [0.15, 0.2) is 0 Å². The van der Waals surface area contributed by atoms with Crippen molar-refractivity contribution in [3.63, 3.8) is 0 Å². The highest BCUT2D eigenvalue weighted by molar-refractivity contribution is 6.09. The van der Waals surface area contributed by atoms with Gasteiger partial charge in [0.05, 0.1) is 25.0 Å². The van der Waals surface area contributed by atoms with Gasteiger partial charge in [0, 0.05) is 22.8 Å². The van der Waals surface area contributed by atoms with Gasteiger partial charge >= 0.3 is 5.97 Å². The number of aryl methyl sites for hydroxylation is 1. The van der Waals surface area contributed by atoms with E-state index >= 15 is 0 Å². The van der Waals surface area contributed by atoms with E-state index in [0.29, 0.717) is 25.3 Å². The summed E-state index contributed by atoms with van der Waals surface area (Å²) >= 11 is 0. The van der Waals surface area contributed by atoms with Gasteiger partial charge in [0.2, 0.25) is 0 Å². The summed E-state index contributed by atoms with van der Waals surface area (Å²) in [6.45, 7) is 2.30. The first-order valence-corrected chi connectivity index (χ1v) is 7.36. The zero-order valence-electron chi connectivity index (χ0n) is 12.4. The molecular weight excluding hydrogens is 283 g/mol. The average molecular weight is 300 g/mol. The molecule has 0 aliphatic rings. The number of fused-ring (bicyclic) bond motifs is 3. The lowest BCUT2D eigenvalue weighted by Gasteiger charge is -2.05. The van der Waals surface area contributed by atoms with Crippen LogP contribution in [0.1, 0.15) is 23.8 Å². The Kier molecular flexibility index (Phi) is 4.04. The molecule has 0 saturated carbocycles. The van der Waals surface area contributed by atoms with E-state index in [0.717, 1.165) is 21.8 Å². The molecule has 0 atom stereocenters. The monoisotopic (exact) mass is 300 g/mol. The van der Waals surface area contributed by atoms with Crippen molar-refractivity contribution in [1.29, 1.82) is 0 Å². The topological polar surface area (TPSA) is 44.1 Å². The van der Waals surface area contributed by atoms with Crippen LogP contribution in [0.5, 0.6) is 0 Å². The molecule has 3 aromatic rings. The minimum atomic E-state index is -0.426. The lowest BCUT2D eigenvalue weighted by atomic mass is 10.1. The van der Waals surface area contributed by atoms with E-state index in [1.54, 1.807) is 19.2 Å². The van der Waals surface area contributed by atoms with Gasteiger partial charge in [-0.1, -0.05) is 18.2 Å². The molecule has 2 aromatic heterocycles. The molecule has 0 spiro atoms. The van der Waals surface area contributed by atoms with E-state index in [1.807, 2.05) is 28.8 Å². The zero-order chi connectivity index (χ0) is 15.5. The number of carbonyl (C=O) groups is 1. The zero-order valence-corrected chi connectivity index (χ0v) is 12.4. The number of ether oxygens (including phenoxy) is 1. The van der Waals surface area contributed by atoms with Crippen LogP contribution in [-0.2, 0) is 11.3 Å². The Labute approximate surface area is 127 Å². The standard InChI is InChI=1S/C17H17FN2O2/c1-2-22-17(21)14-10-13-12-6-3-4-7-15(12)20(9-5-8-18)16(13)11-19-14/h3-4,6-7,10-11H,2,5,8-9H2,1H3. The molecule has 1 aromatic carbocycles. The molecule has 0 saturated heterocycles. The van der Waals surface area contributed by atoms with Crippen molar-refractivity contribution in [1.82, 2.24) is 9.55 Å². The highest BCUT2D eigenvalue weighted by Crippen LogP contribution is 2.29. The molecule has 3 rings (SSSR count). The lowest BCUT2D eigenvalue weighted by molar-refractivity contribution is 0.0520. The Bertz CT molecular complexity index is 826. The Morgan fingerprint density at radius 2 is 2.09 bits per heavy atom. The fourth-order valence-electron chi connectivity index (χ4n) is 2.72. The summed E-state index contributed by atoms with van der Waals surface area (Å²) in [4.78, 5) is 16.1. The lowest BCUT2D eigenvalue weighted by Crippen LogP contribution is -2.07. The van der Waals surface area contributed by atoms with E-state index in [9.17, 15) is 9.18 Å². The van der Waals surface area contributed by atoms with E-state index in [4.69, 9.17) is 4.74 Å². The van der Waals surface area contributed by atoms with Gasteiger partial charge in [-0.05, 0) is 25.5 Å². The maximum atomic E-state index is 12.5. The first kappa shape index (κ1) is 14.5.